The van der Waals surface area contributed by atoms with Gasteiger partial charge < -0.3 is 19.9 Å². The fraction of sp³-hybridized carbons (Fsp3) is 0.176. The highest BCUT2D eigenvalue weighted by Gasteiger charge is 2.11. The van der Waals surface area contributed by atoms with Crippen molar-refractivity contribution in [2.75, 3.05) is 18.5 Å². The summed E-state index contributed by atoms with van der Waals surface area (Å²) in [6.07, 6.45) is 0.693. The topological polar surface area (TPSA) is 95.6 Å². The summed E-state index contributed by atoms with van der Waals surface area (Å²) >= 11 is 0. The van der Waals surface area contributed by atoms with Crippen molar-refractivity contribution < 1.29 is 19.4 Å². The molecule has 1 aromatic heterocycles. The van der Waals surface area contributed by atoms with Crippen LogP contribution in [0, 0.1) is 0 Å². The lowest BCUT2D eigenvalue weighted by molar-refractivity contribution is 0.0697. The van der Waals surface area contributed by atoms with Crippen molar-refractivity contribution in [2.24, 2.45) is 0 Å². The summed E-state index contributed by atoms with van der Waals surface area (Å²) in [5.74, 6) is -0.542. The first kappa shape index (κ1) is 15.1. The maximum atomic E-state index is 11.0. The third-order valence-electron chi connectivity index (χ3n) is 3.43. The van der Waals surface area contributed by atoms with Gasteiger partial charge in [-0.1, -0.05) is 0 Å². The van der Waals surface area contributed by atoms with Gasteiger partial charge in [0, 0.05) is 24.4 Å². The summed E-state index contributed by atoms with van der Waals surface area (Å²) in [4.78, 5) is 15.3. The molecule has 6 heteroatoms. The number of fused-ring (bicyclic) bond motifs is 1. The van der Waals surface area contributed by atoms with E-state index in [0.29, 0.717) is 30.0 Å². The van der Waals surface area contributed by atoms with Gasteiger partial charge in [0.15, 0.2) is 5.58 Å². The second kappa shape index (κ2) is 6.50. The maximum Gasteiger partial charge on any atom is 0.335 e. The average Bonchev–Trinajstić information content (AvgIpc) is 2.98. The molecule has 6 nitrogen and oxygen atoms in total. The van der Waals surface area contributed by atoms with Crippen molar-refractivity contribution in [3.05, 3.63) is 48.0 Å². The Labute approximate surface area is 132 Å². The van der Waals surface area contributed by atoms with E-state index in [1.165, 1.54) is 12.1 Å². The zero-order chi connectivity index (χ0) is 16.2. The molecule has 1 heterocycles. The number of hydrogen-bond acceptors (Lipinski definition) is 5. The van der Waals surface area contributed by atoms with Crippen LogP contribution in [0.1, 0.15) is 16.8 Å². The number of carboxylic acid groups (broad SMARTS) is 1. The number of nitrogens with one attached hydrogen (secondary N) is 1. The molecule has 0 atom stereocenters. The predicted octanol–water partition coefficient (Wildman–Crippen LogP) is 2.99. The third-order valence-corrected chi connectivity index (χ3v) is 3.43. The Morgan fingerprint density at radius 1 is 1.17 bits per heavy atom. The number of oxazole rings is 1. The summed E-state index contributed by atoms with van der Waals surface area (Å²) in [5, 5.41) is 21.0. The number of aromatic carboxylic acids is 1. The van der Waals surface area contributed by atoms with Crippen molar-refractivity contribution in [3.63, 3.8) is 0 Å². The Hall–Kier alpha value is -2.86. The van der Waals surface area contributed by atoms with E-state index in [1.54, 1.807) is 6.07 Å². The summed E-state index contributed by atoms with van der Waals surface area (Å²) < 4.78 is 5.67. The molecule has 23 heavy (non-hydrogen) atoms. The second-order valence-corrected chi connectivity index (χ2v) is 5.09. The molecule has 0 aliphatic rings. The SMILES string of the molecule is O=C(O)c1ccc2oc(-c3ccc(NCCCO)cc3)nc2c1. The number of aromatic nitrogens is 1. The minimum absolute atomic E-state index is 0.159. The van der Waals surface area contributed by atoms with Crippen molar-refractivity contribution in [1.29, 1.82) is 0 Å². The lowest BCUT2D eigenvalue weighted by Crippen LogP contribution is -2.02. The number of carbonyl (C=O) groups is 1. The lowest BCUT2D eigenvalue weighted by atomic mass is 10.2. The lowest BCUT2D eigenvalue weighted by Gasteiger charge is -2.05. The van der Waals surface area contributed by atoms with Crippen LogP contribution < -0.4 is 5.32 Å². The molecule has 2 aromatic carbocycles. The van der Waals surface area contributed by atoms with Crippen molar-refractivity contribution in [3.8, 4) is 11.5 Å². The molecule has 0 amide bonds. The van der Waals surface area contributed by atoms with E-state index >= 15 is 0 Å². The van der Waals surface area contributed by atoms with Gasteiger partial charge in [0.05, 0.1) is 5.56 Å². The quantitative estimate of drug-likeness (QED) is 0.606. The van der Waals surface area contributed by atoms with Gasteiger partial charge in [0.25, 0.3) is 0 Å². The Kier molecular flexibility index (Phi) is 4.25. The number of aliphatic hydroxyl groups is 1. The molecule has 0 aliphatic carbocycles. The van der Waals surface area contributed by atoms with Gasteiger partial charge in [-0.2, -0.15) is 0 Å². The number of carboxylic acids is 1. The molecule has 0 fully saturated rings. The molecule has 3 N–H and O–H groups in total. The summed E-state index contributed by atoms with van der Waals surface area (Å²) in [5.41, 5.74) is 3.01. The van der Waals surface area contributed by atoms with Crippen molar-refractivity contribution in [2.45, 2.75) is 6.42 Å². The largest absolute Gasteiger partial charge is 0.478 e. The van der Waals surface area contributed by atoms with Crippen molar-refractivity contribution in [1.82, 2.24) is 4.98 Å². The third kappa shape index (κ3) is 3.32. The molecule has 0 radical (unpaired) electrons. The second-order valence-electron chi connectivity index (χ2n) is 5.09. The van der Waals surface area contributed by atoms with Crippen molar-refractivity contribution >= 4 is 22.8 Å². The van der Waals surface area contributed by atoms with Gasteiger partial charge in [-0.15, -0.1) is 0 Å². The summed E-state index contributed by atoms with van der Waals surface area (Å²) in [6.45, 7) is 0.864. The smallest absolute Gasteiger partial charge is 0.335 e. The van der Waals surface area contributed by atoms with Gasteiger partial charge in [0.2, 0.25) is 5.89 Å². The van der Waals surface area contributed by atoms with Crippen LogP contribution in [0.3, 0.4) is 0 Å². The molecule has 118 valence electrons. The molecule has 3 aromatic rings. The molecule has 0 aliphatic heterocycles. The number of anilines is 1. The van der Waals surface area contributed by atoms with Crippen LogP contribution in [0.2, 0.25) is 0 Å². The zero-order valence-electron chi connectivity index (χ0n) is 12.3. The Bertz CT molecular complexity index is 824. The highest BCUT2D eigenvalue weighted by molar-refractivity contribution is 5.92. The van der Waals surface area contributed by atoms with E-state index in [9.17, 15) is 4.79 Å². The van der Waals surface area contributed by atoms with Gasteiger partial charge in [0.1, 0.15) is 5.52 Å². The molecular weight excluding hydrogens is 296 g/mol. The van der Waals surface area contributed by atoms with E-state index in [-0.39, 0.29) is 12.2 Å². The van der Waals surface area contributed by atoms with E-state index in [1.807, 2.05) is 24.3 Å². The maximum absolute atomic E-state index is 11.0. The van der Waals surface area contributed by atoms with Crippen LogP contribution in [-0.2, 0) is 0 Å². The van der Waals surface area contributed by atoms with Gasteiger partial charge in [-0.3, -0.25) is 0 Å². The molecule has 0 unspecified atom stereocenters. The van der Waals surface area contributed by atoms with Gasteiger partial charge >= 0.3 is 5.97 Å². The van der Waals surface area contributed by atoms with Gasteiger partial charge in [-0.25, -0.2) is 9.78 Å². The summed E-state index contributed by atoms with van der Waals surface area (Å²) in [7, 11) is 0. The number of hydrogen-bond donors (Lipinski definition) is 3. The standard InChI is InChI=1S/C17H16N2O4/c20-9-1-8-18-13-5-2-11(3-6-13)16-19-14-10-12(17(21)22)4-7-15(14)23-16/h2-7,10,18,20H,1,8-9H2,(H,21,22). The fourth-order valence-electron chi connectivity index (χ4n) is 2.23. The highest BCUT2D eigenvalue weighted by atomic mass is 16.4. The highest BCUT2D eigenvalue weighted by Crippen LogP contribution is 2.26. The first-order chi connectivity index (χ1) is 11.2. The molecule has 0 saturated heterocycles. The van der Waals surface area contributed by atoms with Crippen LogP contribution in [0.4, 0.5) is 5.69 Å². The zero-order valence-corrected chi connectivity index (χ0v) is 12.3. The van der Waals surface area contributed by atoms with E-state index < -0.39 is 5.97 Å². The Morgan fingerprint density at radius 2 is 1.96 bits per heavy atom. The Morgan fingerprint density at radius 3 is 2.65 bits per heavy atom. The van der Waals surface area contributed by atoms with Crippen LogP contribution in [0.5, 0.6) is 0 Å². The van der Waals surface area contributed by atoms with Gasteiger partial charge in [-0.05, 0) is 48.9 Å². The van der Waals surface area contributed by atoms with Crippen LogP contribution in [0.25, 0.3) is 22.6 Å². The molecule has 0 saturated carbocycles. The monoisotopic (exact) mass is 312 g/mol. The van der Waals surface area contributed by atoms with Crippen LogP contribution >= 0.6 is 0 Å². The van der Waals surface area contributed by atoms with Crippen LogP contribution in [-0.4, -0.2) is 34.3 Å². The normalized spacial score (nSPS) is 10.8. The number of aliphatic hydroxyl groups excluding tert-OH is 1. The number of nitrogens with zero attached hydrogens (tertiary/aromatic N) is 1. The minimum Gasteiger partial charge on any atom is -0.478 e. The fourth-order valence-corrected chi connectivity index (χ4v) is 2.23. The first-order valence-corrected chi connectivity index (χ1v) is 7.26. The number of rotatable bonds is 6. The molecule has 3 rings (SSSR count). The molecule has 0 bridgehead atoms. The molecular formula is C17H16N2O4. The molecule has 0 spiro atoms. The van der Waals surface area contributed by atoms with Crippen LogP contribution in [0.15, 0.2) is 46.9 Å². The predicted molar refractivity (Wildman–Crippen MR) is 86.6 cm³/mol. The van der Waals surface area contributed by atoms with E-state index in [2.05, 4.69) is 10.3 Å². The first-order valence-electron chi connectivity index (χ1n) is 7.26. The minimum atomic E-state index is -0.991. The Balaban J connectivity index is 1.83. The summed E-state index contributed by atoms with van der Waals surface area (Å²) in [6, 6.07) is 12.2. The average molecular weight is 312 g/mol. The van der Waals surface area contributed by atoms with E-state index in [0.717, 1.165) is 11.3 Å². The number of benzene rings is 2. The van der Waals surface area contributed by atoms with E-state index in [4.69, 9.17) is 14.6 Å².